The average molecular weight is 369 g/mol. The van der Waals surface area contributed by atoms with Crippen molar-refractivity contribution in [1.82, 2.24) is 9.78 Å². The van der Waals surface area contributed by atoms with Gasteiger partial charge in [0, 0.05) is 30.5 Å². The average Bonchev–Trinajstić information content (AvgIpc) is 3.21. The number of morpholine rings is 1. The van der Waals surface area contributed by atoms with E-state index < -0.39 is 11.6 Å². The van der Waals surface area contributed by atoms with Crippen LogP contribution in [0.3, 0.4) is 0 Å². The fraction of sp³-hybridized carbons (Fsp3) is 0.250. The standard InChI is InChI=1S/C20H20FN3O3/c1-26-19-10-14(9-18(21)20(19)25)15-12-22-24(13-15)17-4-2-3-16(11-17)23-5-7-27-8-6-23/h2-4,9-13,25H,5-8H2,1H3. The smallest absolute Gasteiger partial charge is 0.194 e. The molecule has 0 unspecified atom stereocenters. The molecule has 0 spiro atoms. The monoisotopic (exact) mass is 369 g/mol. The van der Waals surface area contributed by atoms with Crippen LogP contribution in [0.1, 0.15) is 0 Å². The summed E-state index contributed by atoms with van der Waals surface area (Å²) in [7, 11) is 1.39. The maximum atomic E-state index is 13.9. The van der Waals surface area contributed by atoms with Gasteiger partial charge < -0.3 is 19.5 Å². The first-order valence-electron chi connectivity index (χ1n) is 8.70. The highest BCUT2D eigenvalue weighted by Crippen LogP contribution is 2.34. The van der Waals surface area contributed by atoms with Crippen molar-refractivity contribution in [3.8, 4) is 28.3 Å². The minimum Gasteiger partial charge on any atom is -0.502 e. The summed E-state index contributed by atoms with van der Waals surface area (Å²) in [6.07, 6.45) is 3.48. The first kappa shape index (κ1) is 17.4. The number of rotatable bonds is 4. The summed E-state index contributed by atoms with van der Waals surface area (Å²) in [6.45, 7) is 3.18. The van der Waals surface area contributed by atoms with Crippen LogP contribution in [0.25, 0.3) is 16.8 Å². The molecule has 1 fully saturated rings. The van der Waals surface area contributed by atoms with E-state index >= 15 is 0 Å². The Kier molecular flexibility index (Phi) is 4.68. The molecule has 2 aromatic carbocycles. The zero-order chi connectivity index (χ0) is 18.8. The fourth-order valence-corrected chi connectivity index (χ4v) is 3.16. The van der Waals surface area contributed by atoms with Crippen LogP contribution in [0, 0.1) is 5.82 Å². The van der Waals surface area contributed by atoms with Gasteiger partial charge in [0.2, 0.25) is 0 Å². The Morgan fingerprint density at radius 2 is 1.89 bits per heavy atom. The fourth-order valence-electron chi connectivity index (χ4n) is 3.16. The number of anilines is 1. The van der Waals surface area contributed by atoms with Crippen molar-refractivity contribution in [3.05, 3.63) is 54.6 Å². The summed E-state index contributed by atoms with van der Waals surface area (Å²) in [5.41, 5.74) is 3.34. The summed E-state index contributed by atoms with van der Waals surface area (Å²) in [5.74, 6) is -1.13. The highest BCUT2D eigenvalue weighted by atomic mass is 19.1. The third kappa shape index (κ3) is 3.46. The highest BCUT2D eigenvalue weighted by Gasteiger charge is 2.14. The van der Waals surface area contributed by atoms with Gasteiger partial charge in [0.1, 0.15) is 0 Å². The predicted octanol–water partition coefficient (Wildman–Crippen LogP) is 3.23. The lowest BCUT2D eigenvalue weighted by atomic mass is 10.1. The van der Waals surface area contributed by atoms with Crippen LogP contribution in [-0.4, -0.2) is 48.3 Å². The molecule has 0 radical (unpaired) electrons. The van der Waals surface area contributed by atoms with Gasteiger partial charge in [-0.25, -0.2) is 9.07 Å². The SMILES string of the molecule is COc1cc(-c2cnn(-c3cccc(N4CCOCC4)c3)c2)cc(F)c1O. The molecule has 4 rings (SSSR count). The maximum Gasteiger partial charge on any atom is 0.194 e. The van der Waals surface area contributed by atoms with Crippen LogP contribution in [0.5, 0.6) is 11.5 Å². The topological polar surface area (TPSA) is 59.8 Å². The van der Waals surface area contributed by atoms with E-state index in [1.165, 1.54) is 13.2 Å². The summed E-state index contributed by atoms with van der Waals surface area (Å²) in [4.78, 5) is 2.28. The van der Waals surface area contributed by atoms with Crippen LogP contribution >= 0.6 is 0 Å². The Labute approximate surface area is 156 Å². The zero-order valence-corrected chi connectivity index (χ0v) is 14.9. The number of aromatic hydroxyl groups is 1. The Hall–Kier alpha value is -3.06. The quantitative estimate of drug-likeness (QED) is 0.765. The van der Waals surface area contributed by atoms with Gasteiger partial charge in [-0.15, -0.1) is 0 Å². The van der Waals surface area contributed by atoms with Crippen molar-refractivity contribution in [2.75, 3.05) is 38.3 Å². The normalized spacial score (nSPS) is 14.4. The number of phenolic OH excluding ortho intramolecular Hbond substituents is 1. The Bertz CT molecular complexity index is 951. The summed E-state index contributed by atoms with van der Waals surface area (Å²) >= 11 is 0. The largest absolute Gasteiger partial charge is 0.502 e. The molecular formula is C20H20FN3O3. The second-order valence-corrected chi connectivity index (χ2v) is 6.30. The van der Waals surface area contributed by atoms with Crippen molar-refractivity contribution in [2.24, 2.45) is 0 Å². The summed E-state index contributed by atoms with van der Waals surface area (Å²) in [5, 5.41) is 14.1. The van der Waals surface area contributed by atoms with Gasteiger partial charge in [-0.1, -0.05) is 6.07 Å². The first-order chi connectivity index (χ1) is 13.2. The minimum absolute atomic E-state index is 0.0899. The van der Waals surface area contributed by atoms with Gasteiger partial charge >= 0.3 is 0 Å². The molecule has 1 aromatic heterocycles. The van der Waals surface area contributed by atoms with Crippen LogP contribution < -0.4 is 9.64 Å². The van der Waals surface area contributed by atoms with Crippen LogP contribution in [0.2, 0.25) is 0 Å². The van der Waals surface area contributed by atoms with Gasteiger partial charge in [0.25, 0.3) is 0 Å². The number of nitrogens with zero attached hydrogens (tertiary/aromatic N) is 3. The maximum absolute atomic E-state index is 13.9. The van der Waals surface area contributed by atoms with E-state index in [2.05, 4.69) is 22.1 Å². The Balaban J connectivity index is 1.64. The van der Waals surface area contributed by atoms with Gasteiger partial charge in [-0.3, -0.25) is 0 Å². The molecule has 3 aromatic rings. The number of ether oxygens (including phenoxy) is 2. The van der Waals surface area contributed by atoms with E-state index in [-0.39, 0.29) is 5.75 Å². The number of aromatic nitrogens is 2. The van der Waals surface area contributed by atoms with Gasteiger partial charge in [0.05, 0.1) is 32.2 Å². The molecule has 7 heteroatoms. The predicted molar refractivity (Wildman–Crippen MR) is 100 cm³/mol. The molecule has 6 nitrogen and oxygen atoms in total. The molecule has 2 heterocycles. The second kappa shape index (κ2) is 7.28. The van der Waals surface area contributed by atoms with Crippen molar-refractivity contribution < 1.29 is 19.0 Å². The summed E-state index contributed by atoms with van der Waals surface area (Å²) in [6, 6.07) is 11.0. The van der Waals surface area contributed by atoms with Crippen LogP contribution in [0.15, 0.2) is 48.8 Å². The van der Waals surface area contributed by atoms with Crippen molar-refractivity contribution in [3.63, 3.8) is 0 Å². The van der Waals surface area contributed by atoms with Gasteiger partial charge in [-0.05, 0) is 35.9 Å². The molecule has 140 valence electrons. The number of hydrogen-bond donors (Lipinski definition) is 1. The van der Waals surface area contributed by atoms with E-state index in [0.29, 0.717) is 5.56 Å². The van der Waals surface area contributed by atoms with Crippen molar-refractivity contribution >= 4 is 5.69 Å². The molecule has 27 heavy (non-hydrogen) atoms. The van der Waals surface area contributed by atoms with E-state index in [1.54, 1.807) is 16.9 Å². The van der Waals surface area contributed by atoms with E-state index in [9.17, 15) is 9.50 Å². The van der Waals surface area contributed by atoms with Crippen LogP contribution in [-0.2, 0) is 4.74 Å². The summed E-state index contributed by atoms with van der Waals surface area (Å²) < 4.78 is 26.1. The molecule has 0 amide bonds. The molecule has 0 atom stereocenters. The van der Waals surface area contributed by atoms with Gasteiger partial charge in [0.15, 0.2) is 17.3 Å². The molecule has 1 saturated heterocycles. The molecule has 0 saturated carbocycles. The van der Waals surface area contributed by atoms with E-state index in [0.717, 1.165) is 43.2 Å². The third-order valence-corrected chi connectivity index (χ3v) is 4.63. The lowest BCUT2D eigenvalue weighted by Gasteiger charge is -2.29. The Morgan fingerprint density at radius 3 is 2.67 bits per heavy atom. The molecular weight excluding hydrogens is 349 g/mol. The number of halogens is 1. The second-order valence-electron chi connectivity index (χ2n) is 6.30. The number of methoxy groups -OCH3 is 1. The van der Waals surface area contributed by atoms with Crippen molar-refractivity contribution in [2.45, 2.75) is 0 Å². The zero-order valence-electron chi connectivity index (χ0n) is 14.9. The highest BCUT2D eigenvalue weighted by molar-refractivity contribution is 5.67. The molecule has 1 aliphatic heterocycles. The number of phenols is 1. The van der Waals surface area contributed by atoms with Crippen LogP contribution in [0.4, 0.5) is 10.1 Å². The van der Waals surface area contributed by atoms with E-state index in [1.807, 2.05) is 18.3 Å². The lowest BCUT2D eigenvalue weighted by molar-refractivity contribution is 0.122. The molecule has 1 N–H and O–H groups in total. The minimum atomic E-state index is -0.730. The number of hydrogen-bond acceptors (Lipinski definition) is 5. The van der Waals surface area contributed by atoms with Gasteiger partial charge in [-0.2, -0.15) is 5.10 Å². The lowest BCUT2D eigenvalue weighted by Crippen LogP contribution is -2.36. The Morgan fingerprint density at radius 1 is 1.11 bits per heavy atom. The van der Waals surface area contributed by atoms with Crippen molar-refractivity contribution in [1.29, 1.82) is 0 Å². The molecule has 1 aliphatic rings. The first-order valence-corrected chi connectivity index (χ1v) is 8.70. The molecule has 0 aliphatic carbocycles. The number of benzene rings is 2. The third-order valence-electron chi connectivity index (χ3n) is 4.63. The molecule has 0 bridgehead atoms. The van der Waals surface area contributed by atoms with E-state index in [4.69, 9.17) is 9.47 Å².